The predicted octanol–water partition coefficient (Wildman–Crippen LogP) is 9.13. The molecule has 1 fully saturated rings. The highest BCUT2D eigenvalue weighted by molar-refractivity contribution is 7.99. The third-order valence-electron chi connectivity index (χ3n) is 7.83. The van der Waals surface area contributed by atoms with Gasteiger partial charge in [0.25, 0.3) is 0 Å². The molecule has 0 N–H and O–H groups in total. The number of carbonyl (C=O) groups is 1. The first-order valence-electron chi connectivity index (χ1n) is 14.9. The van der Waals surface area contributed by atoms with Gasteiger partial charge in [0.05, 0.1) is 34.3 Å². The van der Waals surface area contributed by atoms with Crippen molar-refractivity contribution in [2.75, 3.05) is 20.2 Å². The predicted molar refractivity (Wildman–Crippen MR) is 180 cm³/mol. The van der Waals surface area contributed by atoms with Crippen LogP contribution in [0.5, 0.6) is 5.75 Å². The Labute approximate surface area is 281 Å². The molecule has 0 spiro atoms. The average molecular weight is 683 g/mol. The molecule has 240 valence electrons. The number of hydrogen-bond donors (Lipinski definition) is 0. The van der Waals surface area contributed by atoms with Crippen molar-refractivity contribution in [1.29, 1.82) is 0 Å². The molecule has 0 atom stereocenters. The molecule has 6 rings (SSSR count). The Morgan fingerprint density at radius 3 is 2.48 bits per heavy atom. The van der Waals surface area contributed by atoms with Crippen LogP contribution in [-0.4, -0.2) is 56.1 Å². The van der Waals surface area contributed by atoms with E-state index in [2.05, 4.69) is 15.7 Å². The molecular weight excluding hydrogens is 648 g/mol. The molecule has 1 saturated heterocycles. The SMILES string of the molecule is COc1ccc(Cn2cc(Sc3c(Cl)ccc(F)c3Cl)c3cc(-c4cnn(C5CCN(C(=O)OC(C)(C)C)CC5)c4)cnc32)cc1. The van der Waals surface area contributed by atoms with Crippen LogP contribution in [0.25, 0.3) is 22.2 Å². The number of aromatic nitrogens is 4. The van der Waals surface area contributed by atoms with E-state index < -0.39 is 11.4 Å². The summed E-state index contributed by atoms with van der Waals surface area (Å²) in [5.74, 6) is 0.253. The van der Waals surface area contributed by atoms with Crippen LogP contribution in [0.15, 0.2) is 77.0 Å². The number of ether oxygens (including phenoxy) is 2. The average Bonchev–Trinajstić information content (AvgIpc) is 3.66. The Kier molecular flexibility index (Phi) is 9.23. The fourth-order valence-corrected chi connectivity index (χ4v) is 7.08. The first-order chi connectivity index (χ1) is 22.0. The lowest BCUT2D eigenvalue weighted by atomic mass is 10.1. The molecule has 4 heterocycles. The Morgan fingerprint density at radius 1 is 1.04 bits per heavy atom. The molecule has 8 nitrogen and oxygen atoms in total. The second-order valence-corrected chi connectivity index (χ2v) is 14.1. The topological polar surface area (TPSA) is 74.4 Å². The van der Waals surface area contributed by atoms with Crippen LogP contribution in [0.2, 0.25) is 10.0 Å². The fraction of sp³-hybridized carbons (Fsp3) is 0.324. The van der Waals surface area contributed by atoms with Gasteiger partial charge in [-0.25, -0.2) is 14.2 Å². The minimum atomic E-state index is -0.529. The van der Waals surface area contributed by atoms with Crippen molar-refractivity contribution in [3.8, 4) is 16.9 Å². The molecule has 2 aromatic carbocycles. The number of halogens is 3. The number of likely N-dealkylation sites (tertiary alicyclic amines) is 1. The highest BCUT2D eigenvalue weighted by Gasteiger charge is 2.28. The first-order valence-corrected chi connectivity index (χ1v) is 16.5. The van der Waals surface area contributed by atoms with Gasteiger partial charge in [-0.1, -0.05) is 47.1 Å². The molecule has 1 aliphatic heterocycles. The summed E-state index contributed by atoms with van der Waals surface area (Å²) in [5, 5.41) is 5.92. The van der Waals surface area contributed by atoms with Crippen molar-refractivity contribution in [3.63, 3.8) is 0 Å². The van der Waals surface area contributed by atoms with Gasteiger partial charge in [-0.05, 0) is 69.5 Å². The van der Waals surface area contributed by atoms with Crippen molar-refractivity contribution in [3.05, 3.63) is 88.7 Å². The quantitative estimate of drug-likeness (QED) is 0.160. The summed E-state index contributed by atoms with van der Waals surface area (Å²) in [7, 11) is 1.64. The standard InChI is InChI=1S/C34H34Cl2FN5O3S/c1-34(2,3)45-33(43)40-13-11-24(12-14-40)42-19-23(17-39-42)22-15-26-29(46-31-27(35)9-10-28(37)30(31)36)20-41(32(26)38-16-22)18-21-5-7-25(44-4)8-6-21/h5-10,15-17,19-20,24H,11-14,18H2,1-4H3. The van der Waals surface area contributed by atoms with E-state index in [-0.39, 0.29) is 17.2 Å². The van der Waals surface area contributed by atoms with Crippen LogP contribution in [0.3, 0.4) is 0 Å². The number of pyridine rings is 1. The molecule has 5 aromatic rings. The Hall–Kier alpha value is -3.73. The molecule has 1 amide bonds. The second-order valence-electron chi connectivity index (χ2n) is 12.2. The summed E-state index contributed by atoms with van der Waals surface area (Å²) in [6, 6.07) is 12.9. The van der Waals surface area contributed by atoms with Crippen LogP contribution in [0.4, 0.5) is 9.18 Å². The normalized spacial score (nSPS) is 14.2. The third kappa shape index (κ3) is 6.99. The minimum Gasteiger partial charge on any atom is -0.497 e. The highest BCUT2D eigenvalue weighted by Crippen LogP contribution is 2.43. The summed E-state index contributed by atoms with van der Waals surface area (Å²) in [4.78, 5) is 20.4. The van der Waals surface area contributed by atoms with Gasteiger partial charge in [-0.15, -0.1) is 0 Å². The van der Waals surface area contributed by atoms with E-state index in [0.717, 1.165) is 51.2 Å². The van der Waals surface area contributed by atoms with Crippen LogP contribution in [0, 0.1) is 5.82 Å². The number of methoxy groups -OCH3 is 1. The van der Waals surface area contributed by atoms with Gasteiger partial charge in [0.2, 0.25) is 0 Å². The van der Waals surface area contributed by atoms with Gasteiger partial charge in [0.1, 0.15) is 22.8 Å². The monoisotopic (exact) mass is 681 g/mol. The lowest BCUT2D eigenvalue weighted by Gasteiger charge is -2.33. The van der Waals surface area contributed by atoms with Gasteiger partial charge in [0.15, 0.2) is 0 Å². The molecule has 0 saturated carbocycles. The van der Waals surface area contributed by atoms with Gasteiger partial charge in [-0.3, -0.25) is 4.68 Å². The smallest absolute Gasteiger partial charge is 0.410 e. The van der Waals surface area contributed by atoms with Crippen molar-refractivity contribution in [1.82, 2.24) is 24.2 Å². The van der Waals surface area contributed by atoms with Gasteiger partial charge >= 0.3 is 6.09 Å². The first kappa shape index (κ1) is 32.2. The van der Waals surface area contributed by atoms with Crippen LogP contribution in [0.1, 0.15) is 45.2 Å². The maximum Gasteiger partial charge on any atom is 0.410 e. The summed E-state index contributed by atoms with van der Waals surface area (Å²) in [5.41, 5.74) is 3.13. The van der Waals surface area contributed by atoms with Crippen molar-refractivity contribution < 1.29 is 18.7 Å². The van der Waals surface area contributed by atoms with E-state index >= 15 is 0 Å². The summed E-state index contributed by atoms with van der Waals surface area (Å²) < 4.78 is 29.3. The number of fused-ring (bicyclic) bond motifs is 1. The zero-order valence-corrected chi connectivity index (χ0v) is 28.3. The molecular formula is C34H34Cl2FN5O3S. The molecule has 0 radical (unpaired) electrons. The number of rotatable bonds is 7. The number of piperidine rings is 1. The summed E-state index contributed by atoms with van der Waals surface area (Å²) >= 11 is 14.2. The van der Waals surface area contributed by atoms with E-state index in [1.54, 1.807) is 12.0 Å². The highest BCUT2D eigenvalue weighted by atomic mass is 35.5. The zero-order chi connectivity index (χ0) is 32.6. The molecule has 1 aliphatic rings. The third-order valence-corrected chi connectivity index (χ3v) is 9.91. The molecule has 0 aliphatic carbocycles. The van der Waals surface area contributed by atoms with E-state index in [9.17, 15) is 9.18 Å². The molecule has 46 heavy (non-hydrogen) atoms. The van der Waals surface area contributed by atoms with Gasteiger partial charge in [0, 0.05) is 59.6 Å². The van der Waals surface area contributed by atoms with E-state index in [1.165, 1.54) is 23.9 Å². The van der Waals surface area contributed by atoms with Crippen molar-refractivity contribution in [2.45, 2.75) is 61.6 Å². The molecule has 0 unspecified atom stereocenters. The Morgan fingerprint density at radius 2 is 1.78 bits per heavy atom. The molecule has 0 bridgehead atoms. The van der Waals surface area contributed by atoms with Crippen LogP contribution in [-0.2, 0) is 11.3 Å². The Bertz CT molecular complexity index is 1880. The number of carbonyl (C=O) groups excluding carboxylic acids is 1. The zero-order valence-electron chi connectivity index (χ0n) is 26.0. The van der Waals surface area contributed by atoms with Crippen molar-refractivity contribution >= 4 is 52.1 Å². The fourth-order valence-electron chi connectivity index (χ4n) is 5.47. The number of nitrogens with zero attached hydrogens (tertiary/aromatic N) is 5. The number of benzene rings is 2. The van der Waals surface area contributed by atoms with E-state index in [4.69, 9.17) is 37.7 Å². The summed E-state index contributed by atoms with van der Waals surface area (Å²) in [6.45, 7) is 7.40. The maximum atomic E-state index is 14.4. The molecule has 3 aromatic heterocycles. The second kappa shape index (κ2) is 13.2. The van der Waals surface area contributed by atoms with Gasteiger partial charge in [-0.2, -0.15) is 5.10 Å². The lowest BCUT2D eigenvalue weighted by molar-refractivity contribution is 0.0185. The van der Waals surface area contributed by atoms with Crippen LogP contribution >= 0.6 is 35.0 Å². The number of hydrogen-bond acceptors (Lipinski definition) is 6. The minimum absolute atomic E-state index is 0.0170. The molecule has 12 heteroatoms. The maximum absolute atomic E-state index is 14.4. The van der Waals surface area contributed by atoms with E-state index in [1.807, 2.05) is 74.5 Å². The largest absolute Gasteiger partial charge is 0.497 e. The summed E-state index contributed by atoms with van der Waals surface area (Å²) in [6.07, 6.45) is 8.98. The van der Waals surface area contributed by atoms with Crippen LogP contribution < -0.4 is 4.74 Å². The van der Waals surface area contributed by atoms with E-state index in [0.29, 0.717) is 29.6 Å². The number of amides is 1. The van der Waals surface area contributed by atoms with Gasteiger partial charge < -0.3 is 18.9 Å². The lowest BCUT2D eigenvalue weighted by Crippen LogP contribution is -2.42. The van der Waals surface area contributed by atoms with Crippen molar-refractivity contribution in [2.24, 2.45) is 0 Å². The Balaban J connectivity index is 1.28.